The van der Waals surface area contributed by atoms with Crippen LogP contribution >= 0.6 is 0 Å². The first-order valence-corrected chi connectivity index (χ1v) is 20.6. The lowest BCUT2D eigenvalue weighted by atomic mass is 9.80. The lowest BCUT2D eigenvalue weighted by Crippen LogP contribution is -2.25. The minimum Gasteiger partial charge on any atom is -0.457 e. The van der Waals surface area contributed by atoms with E-state index in [1.165, 1.54) is 50.1 Å². The highest BCUT2D eigenvalue weighted by molar-refractivity contribution is 6.09. The topological polar surface area (TPSA) is 33.5 Å². The normalized spacial score (nSPS) is 13.6. The molecule has 0 bridgehead atoms. The Hall–Kier alpha value is -5.55. The first kappa shape index (κ1) is 38.3. The molecule has 1 aliphatic heterocycles. The van der Waals surface area contributed by atoms with E-state index in [0.717, 1.165) is 40.5 Å². The molecule has 0 unspecified atom stereocenters. The van der Waals surface area contributed by atoms with Crippen molar-refractivity contribution < 1.29 is 4.74 Å². The second kappa shape index (κ2) is 14.1. The van der Waals surface area contributed by atoms with Crippen LogP contribution < -0.4 is 14.5 Å². The van der Waals surface area contributed by atoms with Gasteiger partial charge in [0.1, 0.15) is 24.0 Å². The zero-order valence-corrected chi connectivity index (χ0v) is 35.7. The third kappa shape index (κ3) is 7.53. The van der Waals surface area contributed by atoms with E-state index in [0.29, 0.717) is 12.6 Å². The molecule has 5 aromatic carbocycles. The van der Waals surface area contributed by atoms with Crippen molar-refractivity contribution in [3.8, 4) is 17.3 Å². The highest BCUT2D eigenvalue weighted by atomic mass is 16.5. The number of nitrogens with zero attached hydrogens (tertiary/aromatic N) is 4. The fourth-order valence-corrected chi connectivity index (χ4v) is 8.10. The highest BCUT2D eigenvalue weighted by Crippen LogP contribution is 2.48. The molecule has 0 fully saturated rings. The second-order valence-corrected chi connectivity index (χ2v) is 19.5. The maximum absolute atomic E-state index is 6.75. The first-order chi connectivity index (χ1) is 26.9. The lowest BCUT2D eigenvalue weighted by molar-refractivity contribution is 0.483. The van der Waals surface area contributed by atoms with Crippen LogP contribution in [0.5, 0.6) is 11.5 Å². The average molecular weight is 755 g/mol. The van der Waals surface area contributed by atoms with Crippen molar-refractivity contribution in [3.63, 3.8) is 0 Å². The van der Waals surface area contributed by atoms with E-state index >= 15 is 0 Å². The molecule has 0 saturated heterocycles. The average Bonchev–Trinajstić information content (AvgIpc) is 3.69. The molecule has 292 valence electrons. The molecule has 0 amide bonds. The van der Waals surface area contributed by atoms with Gasteiger partial charge < -0.3 is 14.5 Å². The van der Waals surface area contributed by atoms with Gasteiger partial charge in [0.05, 0.1) is 22.4 Å². The Bertz CT molecular complexity index is 2580. The van der Waals surface area contributed by atoms with Crippen molar-refractivity contribution >= 4 is 44.6 Å². The van der Waals surface area contributed by atoms with E-state index < -0.39 is 0 Å². The van der Waals surface area contributed by atoms with Gasteiger partial charge >= 0.3 is 0 Å². The number of aromatic nitrogens is 2. The number of fused-ring (bicyclic) bond motifs is 4. The zero-order chi connectivity index (χ0) is 40.4. The van der Waals surface area contributed by atoms with Crippen LogP contribution in [0.15, 0.2) is 121 Å². The molecule has 5 heteroatoms. The monoisotopic (exact) mass is 754 g/mol. The van der Waals surface area contributed by atoms with Gasteiger partial charge in [0.25, 0.3) is 0 Å². The van der Waals surface area contributed by atoms with Crippen LogP contribution in [0.4, 0.5) is 22.7 Å². The van der Waals surface area contributed by atoms with Crippen LogP contribution in [-0.2, 0) is 22.7 Å². The SMILES string of the molecule is CC(C)Cc1ccnc(-n2c3ccccc3c3ccc(Oc4cccc(N5CN(c6cc(C(C)(C)C)cc(C(C)(C)C)c6)c6cc(C(C)(C)C)ccc65)c4)cc32)c1. The smallest absolute Gasteiger partial charge is 0.137 e. The second-order valence-electron chi connectivity index (χ2n) is 19.5. The van der Waals surface area contributed by atoms with Crippen molar-refractivity contribution in [1.82, 2.24) is 9.55 Å². The molecule has 0 N–H and O–H groups in total. The van der Waals surface area contributed by atoms with E-state index in [1.54, 1.807) is 0 Å². The standard InChI is InChI=1S/C52H58N4O/c1-34(2)25-35-23-24-53-49(26-35)56-45-18-13-12-17-43(45)44-21-20-42(32-47(44)56)57-41-16-14-15-39(31-41)54-33-55(48-30-36(50(3,4)5)19-22-46(48)54)40-28-37(51(6,7)8)27-38(29-40)52(9,10)11/h12-24,26-32,34H,25,33H2,1-11H3. The summed E-state index contributed by atoms with van der Waals surface area (Å²) < 4.78 is 9.02. The van der Waals surface area contributed by atoms with Crippen LogP contribution in [0.3, 0.4) is 0 Å². The quantitative estimate of drug-likeness (QED) is 0.162. The Morgan fingerprint density at radius 1 is 0.561 bits per heavy atom. The van der Waals surface area contributed by atoms with E-state index in [9.17, 15) is 0 Å². The molecule has 7 aromatic rings. The molecule has 0 spiro atoms. The van der Waals surface area contributed by atoms with E-state index in [1.807, 2.05) is 6.20 Å². The molecular weight excluding hydrogens is 697 g/mol. The molecule has 0 saturated carbocycles. The van der Waals surface area contributed by atoms with Crippen molar-refractivity contribution in [2.75, 3.05) is 16.5 Å². The summed E-state index contributed by atoms with van der Waals surface area (Å²) in [5.41, 5.74) is 12.3. The van der Waals surface area contributed by atoms with E-state index in [-0.39, 0.29) is 16.2 Å². The first-order valence-electron chi connectivity index (χ1n) is 20.6. The summed E-state index contributed by atoms with van der Waals surface area (Å²) in [6, 6.07) is 42.1. The van der Waals surface area contributed by atoms with Crippen molar-refractivity contribution in [3.05, 3.63) is 144 Å². The lowest BCUT2D eigenvalue weighted by Gasteiger charge is -2.29. The number of para-hydroxylation sites is 1. The van der Waals surface area contributed by atoms with Gasteiger partial charge in [0.2, 0.25) is 0 Å². The number of rotatable bonds is 7. The summed E-state index contributed by atoms with van der Waals surface area (Å²) >= 11 is 0. The third-order valence-corrected chi connectivity index (χ3v) is 11.4. The van der Waals surface area contributed by atoms with Gasteiger partial charge in [-0.05, 0) is 118 Å². The van der Waals surface area contributed by atoms with Gasteiger partial charge in [0.15, 0.2) is 0 Å². The molecule has 0 radical (unpaired) electrons. The van der Waals surface area contributed by atoms with Gasteiger partial charge in [-0.3, -0.25) is 4.57 Å². The number of anilines is 4. The Labute approximate surface area is 339 Å². The predicted molar refractivity (Wildman–Crippen MR) is 242 cm³/mol. The zero-order valence-electron chi connectivity index (χ0n) is 35.7. The number of hydrogen-bond donors (Lipinski definition) is 0. The largest absolute Gasteiger partial charge is 0.457 e. The fraction of sp³-hybridized carbons (Fsp3) is 0.327. The summed E-state index contributed by atoms with van der Waals surface area (Å²) in [5, 5.41) is 2.38. The van der Waals surface area contributed by atoms with Crippen LogP contribution in [0.1, 0.15) is 98.4 Å². The molecular formula is C52H58N4O. The van der Waals surface area contributed by atoms with Crippen molar-refractivity contribution in [2.45, 2.75) is 98.8 Å². The highest BCUT2D eigenvalue weighted by Gasteiger charge is 2.32. The Balaban J connectivity index is 1.18. The van der Waals surface area contributed by atoms with E-state index in [2.05, 4.69) is 206 Å². The third-order valence-electron chi connectivity index (χ3n) is 11.4. The van der Waals surface area contributed by atoms with Gasteiger partial charge in [-0.1, -0.05) is 113 Å². The molecule has 1 aliphatic rings. The van der Waals surface area contributed by atoms with Crippen LogP contribution in [-0.4, -0.2) is 16.2 Å². The van der Waals surface area contributed by atoms with Gasteiger partial charge in [0, 0.05) is 40.5 Å². The maximum Gasteiger partial charge on any atom is 0.137 e. The summed E-state index contributed by atoms with van der Waals surface area (Å²) in [6.45, 7) is 26.0. The number of pyridine rings is 1. The van der Waals surface area contributed by atoms with Gasteiger partial charge in [-0.15, -0.1) is 0 Å². The minimum atomic E-state index is 0.0167. The number of ether oxygens (including phenoxy) is 1. The van der Waals surface area contributed by atoms with Crippen LogP contribution in [0.2, 0.25) is 0 Å². The molecule has 57 heavy (non-hydrogen) atoms. The number of hydrogen-bond acceptors (Lipinski definition) is 4. The van der Waals surface area contributed by atoms with Crippen molar-refractivity contribution in [1.29, 1.82) is 0 Å². The fourth-order valence-electron chi connectivity index (χ4n) is 8.10. The molecule has 0 aliphatic carbocycles. The van der Waals surface area contributed by atoms with Crippen molar-refractivity contribution in [2.24, 2.45) is 5.92 Å². The van der Waals surface area contributed by atoms with E-state index in [4.69, 9.17) is 9.72 Å². The Kier molecular flexibility index (Phi) is 9.50. The molecule has 5 nitrogen and oxygen atoms in total. The molecule has 2 aromatic heterocycles. The minimum absolute atomic E-state index is 0.0167. The van der Waals surface area contributed by atoms with Crippen LogP contribution in [0, 0.1) is 5.92 Å². The Morgan fingerprint density at radius 3 is 1.93 bits per heavy atom. The summed E-state index contributed by atoms with van der Waals surface area (Å²) in [5.74, 6) is 3.07. The molecule has 8 rings (SSSR count). The van der Waals surface area contributed by atoms with Gasteiger partial charge in [-0.2, -0.15) is 0 Å². The van der Waals surface area contributed by atoms with Gasteiger partial charge in [-0.25, -0.2) is 4.98 Å². The maximum atomic E-state index is 6.75. The van der Waals surface area contributed by atoms with Crippen LogP contribution in [0.25, 0.3) is 27.6 Å². The summed E-state index contributed by atoms with van der Waals surface area (Å²) in [7, 11) is 0. The predicted octanol–water partition coefficient (Wildman–Crippen LogP) is 14.3. The summed E-state index contributed by atoms with van der Waals surface area (Å²) in [6.07, 6.45) is 2.95. The number of benzene rings is 5. The Morgan fingerprint density at radius 2 is 1.23 bits per heavy atom. The molecule has 3 heterocycles. The molecule has 0 atom stereocenters. The summed E-state index contributed by atoms with van der Waals surface area (Å²) in [4.78, 5) is 9.79.